The van der Waals surface area contributed by atoms with Gasteiger partial charge in [0.25, 0.3) is 0 Å². The molecule has 0 radical (unpaired) electrons. The third kappa shape index (κ3) is 8.37. The number of rotatable bonds is 8. The molecule has 0 aromatic carbocycles. The van der Waals surface area contributed by atoms with Crippen molar-refractivity contribution in [2.75, 3.05) is 45.2 Å². The number of likely N-dealkylation sites (N-methyl/N-ethyl adjacent to an activating group) is 2. The molecule has 0 rings (SSSR count). The molecule has 74 valence electrons. The fourth-order valence-corrected chi connectivity index (χ4v) is 1.46. The number of hydrogen-bond acceptors (Lipinski definition) is 3. The van der Waals surface area contributed by atoms with E-state index in [0.29, 0.717) is 0 Å². The van der Waals surface area contributed by atoms with E-state index in [9.17, 15) is 0 Å². The topological polar surface area (TPSA) is 15.3 Å². The Balaban J connectivity index is 3.04. The van der Waals surface area contributed by atoms with E-state index in [2.05, 4.69) is 30.4 Å². The van der Waals surface area contributed by atoms with Crippen LogP contribution in [0.25, 0.3) is 0 Å². The molecule has 1 N–H and O–H groups in total. The predicted octanol–water partition coefficient (Wildman–Crippen LogP) is 1.28. The molecule has 0 aliphatic rings. The van der Waals surface area contributed by atoms with Gasteiger partial charge in [-0.3, -0.25) is 0 Å². The van der Waals surface area contributed by atoms with Crippen molar-refractivity contribution in [2.24, 2.45) is 0 Å². The van der Waals surface area contributed by atoms with Gasteiger partial charge in [0.2, 0.25) is 0 Å². The van der Waals surface area contributed by atoms with Gasteiger partial charge in [-0.05, 0) is 38.6 Å². The normalized spacial score (nSPS) is 11.0. The van der Waals surface area contributed by atoms with Gasteiger partial charge in [-0.25, -0.2) is 0 Å². The summed E-state index contributed by atoms with van der Waals surface area (Å²) in [6.45, 7) is 6.74. The highest BCUT2D eigenvalue weighted by atomic mass is 32.2. The van der Waals surface area contributed by atoms with Crippen molar-refractivity contribution < 1.29 is 0 Å². The summed E-state index contributed by atoms with van der Waals surface area (Å²) in [5.41, 5.74) is 0. The van der Waals surface area contributed by atoms with Crippen molar-refractivity contribution in [3.63, 3.8) is 0 Å². The van der Waals surface area contributed by atoms with Crippen LogP contribution in [-0.2, 0) is 0 Å². The molecule has 0 spiro atoms. The number of thioether (sulfide) groups is 1. The second-order valence-corrected chi connectivity index (χ2v) is 3.99. The summed E-state index contributed by atoms with van der Waals surface area (Å²) in [5.74, 6) is 1.28. The summed E-state index contributed by atoms with van der Waals surface area (Å²) in [6.07, 6.45) is 3.47. The highest BCUT2D eigenvalue weighted by molar-refractivity contribution is 7.98. The summed E-state index contributed by atoms with van der Waals surface area (Å²) in [7, 11) is 2.19. The van der Waals surface area contributed by atoms with Crippen LogP contribution in [0.3, 0.4) is 0 Å². The molecule has 0 aliphatic carbocycles. The first-order valence-electron chi connectivity index (χ1n) is 4.69. The van der Waals surface area contributed by atoms with Gasteiger partial charge >= 0.3 is 0 Å². The lowest BCUT2D eigenvalue weighted by Gasteiger charge is -2.15. The third-order valence-corrected chi connectivity index (χ3v) is 2.51. The van der Waals surface area contributed by atoms with Crippen LogP contribution >= 0.6 is 11.8 Å². The van der Waals surface area contributed by atoms with Crippen LogP contribution in [0.5, 0.6) is 0 Å². The molecule has 0 heterocycles. The Kier molecular flexibility index (Phi) is 9.57. The minimum Gasteiger partial charge on any atom is -0.316 e. The summed E-state index contributed by atoms with van der Waals surface area (Å²) >= 11 is 1.93. The maximum absolute atomic E-state index is 3.32. The lowest BCUT2D eigenvalue weighted by Crippen LogP contribution is -2.29. The molecule has 0 amide bonds. The number of hydrogen-bond donors (Lipinski definition) is 1. The molecule has 0 fully saturated rings. The van der Waals surface area contributed by atoms with Crippen molar-refractivity contribution in [1.82, 2.24) is 10.2 Å². The van der Waals surface area contributed by atoms with Gasteiger partial charge < -0.3 is 10.2 Å². The summed E-state index contributed by atoms with van der Waals surface area (Å²) < 4.78 is 0. The van der Waals surface area contributed by atoms with Crippen LogP contribution in [-0.4, -0.2) is 50.1 Å². The molecule has 2 nitrogen and oxygen atoms in total. The average Bonchev–Trinajstić information content (AvgIpc) is 2.06. The molecule has 0 aromatic heterocycles. The molecule has 12 heavy (non-hydrogen) atoms. The van der Waals surface area contributed by atoms with Crippen molar-refractivity contribution in [3.05, 3.63) is 0 Å². The monoisotopic (exact) mass is 190 g/mol. The summed E-state index contributed by atoms with van der Waals surface area (Å²) in [5, 5.41) is 3.32. The first-order chi connectivity index (χ1) is 5.81. The largest absolute Gasteiger partial charge is 0.316 e. The fourth-order valence-electron chi connectivity index (χ4n) is 1.04. The van der Waals surface area contributed by atoms with Crippen LogP contribution in [0.4, 0.5) is 0 Å². The van der Waals surface area contributed by atoms with Crippen LogP contribution in [0.1, 0.15) is 13.3 Å². The Morgan fingerprint density at radius 1 is 1.33 bits per heavy atom. The first-order valence-corrected chi connectivity index (χ1v) is 6.08. The minimum atomic E-state index is 1.08. The molecular formula is C9H22N2S. The molecule has 3 heteroatoms. The Bertz CT molecular complexity index is 78.6. The molecular weight excluding hydrogens is 168 g/mol. The predicted molar refractivity (Wildman–Crippen MR) is 59.0 cm³/mol. The van der Waals surface area contributed by atoms with Gasteiger partial charge in [0.1, 0.15) is 0 Å². The van der Waals surface area contributed by atoms with Gasteiger partial charge in [-0.2, -0.15) is 11.8 Å². The Morgan fingerprint density at radius 2 is 2.08 bits per heavy atom. The standard InChI is InChI=1S/C9H22N2S/c1-4-10-6-8-11(2)7-5-9-12-3/h10H,4-9H2,1-3H3. The Labute approximate surface area is 81.1 Å². The van der Waals surface area contributed by atoms with Crippen molar-refractivity contribution in [3.8, 4) is 0 Å². The average molecular weight is 190 g/mol. The zero-order valence-electron chi connectivity index (χ0n) is 8.60. The molecule has 0 aromatic rings. The van der Waals surface area contributed by atoms with Gasteiger partial charge in [-0.15, -0.1) is 0 Å². The van der Waals surface area contributed by atoms with Crippen molar-refractivity contribution in [2.45, 2.75) is 13.3 Å². The maximum atomic E-state index is 3.32. The smallest absolute Gasteiger partial charge is 0.0104 e. The molecule has 0 saturated heterocycles. The zero-order chi connectivity index (χ0) is 9.23. The van der Waals surface area contributed by atoms with Gasteiger partial charge in [0.05, 0.1) is 0 Å². The van der Waals surface area contributed by atoms with Crippen molar-refractivity contribution >= 4 is 11.8 Å². The summed E-state index contributed by atoms with van der Waals surface area (Å²) in [6, 6.07) is 0. The van der Waals surface area contributed by atoms with Gasteiger partial charge in [0.15, 0.2) is 0 Å². The number of nitrogens with one attached hydrogen (secondary N) is 1. The lowest BCUT2D eigenvalue weighted by molar-refractivity contribution is 0.334. The van der Waals surface area contributed by atoms with E-state index < -0.39 is 0 Å². The minimum absolute atomic E-state index is 1.08. The molecule has 0 unspecified atom stereocenters. The maximum Gasteiger partial charge on any atom is 0.0104 e. The highest BCUT2D eigenvalue weighted by Gasteiger charge is 1.95. The van der Waals surface area contributed by atoms with Crippen molar-refractivity contribution in [1.29, 1.82) is 0 Å². The zero-order valence-corrected chi connectivity index (χ0v) is 9.41. The van der Waals surface area contributed by atoms with Crippen LogP contribution in [0.2, 0.25) is 0 Å². The van der Waals surface area contributed by atoms with E-state index in [-0.39, 0.29) is 0 Å². The van der Waals surface area contributed by atoms with E-state index in [1.54, 1.807) is 0 Å². The second kappa shape index (κ2) is 9.36. The van der Waals surface area contributed by atoms with Crippen LogP contribution in [0.15, 0.2) is 0 Å². The Morgan fingerprint density at radius 3 is 2.67 bits per heavy atom. The van der Waals surface area contributed by atoms with E-state index in [0.717, 1.165) is 13.1 Å². The highest BCUT2D eigenvalue weighted by Crippen LogP contribution is 1.96. The number of nitrogens with zero attached hydrogens (tertiary/aromatic N) is 1. The van der Waals surface area contributed by atoms with E-state index in [1.165, 1.54) is 25.3 Å². The van der Waals surface area contributed by atoms with Gasteiger partial charge in [0, 0.05) is 13.1 Å². The molecule has 0 saturated carbocycles. The SMILES string of the molecule is CCNCCN(C)CCCSC. The summed E-state index contributed by atoms with van der Waals surface area (Å²) in [4.78, 5) is 2.39. The molecule has 0 bridgehead atoms. The Hall–Kier alpha value is 0.270. The quantitative estimate of drug-likeness (QED) is 0.581. The van der Waals surface area contributed by atoms with Crippen LogP contribution in [0, 0.1) is 0 Å². The molecule has 0 atom stereocenters. The fraction of sp³-hybridized carbons (Fsp3) is 1.00. The first kappa shape index (κ1) is 12.3. The third-order valence-electron chi connectivity index (χ3n) is 1.81. The van der Waals surface area contributed by atoms with Gasteiger partial charge in [-0.1, -0.05) is 6.92 Å². The second-order valence-electron chi connectivity index (χ2n) is 3.00. The lowest BCUT2D eigenvalue weighted by atomic mass is 10.4. The van der Waals surface area contributed by atoms with E-state index >= 15 is 0 Å². The van der Waals surface area contributed by atoms with E-state index in [4.69, 9.17) is 0 Å². The van der Waals surface area contributed by atoms with Crippen LogP contribution < -0.4 is 5.32 Å². The van der Waals surface area contributed by atoms with E-state index in [1.807, 2.05) is 11.8 Å². The molecule has 0 aliphatic heterocycles.